The van der Waals surface area contributed by atoms with Crippen molar-refractivity contribution in [1.29, 1.82) is 0 Å². The van der Waals surface area contributed by atoms with Gasteiger partial charge in [0.1, 0.15) is 11.2 Å². The second-order valence-corrected chi connectivity index (χ2v) is 5.62. The Morgan fingerprint density at radius 2 is 2.37 bits per heavy atom. The molecule has 0 aromatic carbocycles. The maximum atomic E-state index is 12.2. The minimum absolute atomic E-state index is 0.0254. The van der Waals surface area contributed by atoms with Crippen LogP contribution in [0.15, 0.2) is 17.8 Å². The number of amides is 1. The van der Waals surface area contributed by atoms with E-state index in [1.165, 1.54) is 22.3 Å². The summed E-state index contributed by atoms with van der Waals surface area (Å²) >= 11 is 1.32. The SMILES string of the molecule is CC(C)(CCO)NC(=O)c1sccc1-n1cnnn1. The smallest absolute Gasteiger partial charge is 0.263 e. The second kappa shape index (κ2) is 5.45. The summed E-state index contributed by atoms with van der Waals surface area (Å²) in [6.45, 7) is 3.76. The third kappa shape index (κ3) is 3.15. The van der Waals surface area contributed by atoms with E-state index in [1.54, 1.807) is 6.07 Å². The van der Waals surface area contributed by atoms with Crippen LogP contribution in [0.4, 0.5) is 0 Å². The molecule has 0 spiro atoms. The fourth-order valence-electron chi connectivity index (χ4n) is 1.63. The van der Waals surface area contributed by atoms with Crippen LogP contribution in [0.3, 0.4) is 0 Å². The van der Waals surface area contributed by atoms with E-state index in [1.807, 2.05) is 19.2 Å². The molecular formula is C11H15N5O2S. The standard InChI is InChI=1S/C11H15N5O2S/c1-11(2,4-5-17)13-10(18)9-8(3-6-19-9)16-7-12-14-15-16/h3,6-7,17H,4-5H2,1-2H3,(H,13,18). The molecule has 0 saturated heterocycles. The van der Waals surface area contributed by atoms with Crippen LogP contribution in [0.1, 0.15) is 29.9 Å². The average molecular weight is 281 g/mol. The molecule has 102 valence electrons. The molecule has 0 bridgehead atoms. The van der Waals surface area contributed by atoms with E-state index >= 15 is 0 Å². The van der Waals surface area contributed by atoms with Crippen molar-refractivity contribution >= 4 is 17.2 Å². The van der Waals surface area contributed by atoms with E-state index in [-0.39, 0.29) is 12.5 Å². The van der Waals surface area contributed by atoms with Gasteiger partial charge in [0.15, 0.2) is 0 Å². The molecule has 0 aliphatic heterocycles. The molecule has 1 amide bonds. The highest BCUT2D eigenvalue weighted by molar-refractivity contribution is 7.12. The first-order valence-corrected chi connectivity index (χ1v) is 6.66. The monoisotopic (exact) mass is 281 g/mol. The maximum absolute atomic E-state index is 12.2. The molecule has 0 atom stereocenters. The molecule has 19 heavy (non-hydrogen) atoms. The molecule has 0 fully saturated rings. The van der Waals surface area contributed by atoms with Crippen LogP contribution in [-0.2, 0) is 0 Å². The molecule has 0 aliphatic carbocycles. The lowest BCUT2D eigenvalue weighted by atomic mass is 10.0. The number of nitrogens with zero attached hydrogens (tertiary/aromatic N) is 4. The zero-order valence-corrected chi connectivity index (χ0v) is 11.5. The highest BCUT2D eigenvalue weighted by Gasteiger charge is 2.23. The normalized spacial score (nSPS) is 11.5. The van der Waals surface area contributed by atoms with Crippen LogP contribution in [0, 0.1) is 0 Å². The number of hydrogen-bond acceptors (Lipinski definition) is 6. The van der Waals surface area contributed by atoms with Crippen LogP contribution in [-0.4, -0.2) is 43.4 Å². The fraction of sp³-hybridized carbons (Fsp3) is 0.455. The quantitative estimate of drug-likeness (QED) is 0.838. The predicted octanol–water partition coefficient (Wildman–Crippen LogP) is 0.615. The first-order chi connectivity index (χ1) is 9.03. The number of thiophene rings is 1. The molecular weight excluding hydrogens is 266 g/mol. The Morgan fingerprint density at radius 1 is 1.58 bits per heavy atom. The van der Waals surface area contributed by atoms with Crippen LogP contribution in [0.5, 0.6) is 0 Å². The number of hydrogen-bond donors (Lipinski definition) is 2. The van der Waals surface area contributed by atoms with Gasteiger partial charge in [-0.3, -0.25) is 4.79 Å². The zero-order valence-electron chi connectivity index (χ0n) is 10.7. The summed E-state index contributed by atoms with van der Waals surface area (Å²) in [5.74, 6) is -0.195. The van der Waals surface area contributed by atoms with E-state index in [9.17, 15) is 4.79 Å². The van der Waals surface area contributed by atoms with Gasteiger partial charge >= 0.3 is 0 Å². The topological polar surface area (TPSA) is 92.9 Å². The first kappa shape index (κ1) is 13.6. The lowest BCUT2D eigenvalue weighted by molar-refractivity contribution is 0.0903. The summed E-state index contributed by atoms with van der Waals surface area (Å²) in [5, 5.41) is 24.6. The Morgan fingerprint density at radius 3 is 3.00 bits per heavy atom. The van der Waals surface area contributed by atoms with Crippen molar-refractivity contribution in [3.63, 3.8) is 0 Å². The number of carbonyl (C=O) groups is 1. The summed E-state index contributed by atoms with van der Waals surface area (Å²) in [6.07, 6.45) is 1.93. The first-order valence-electron chi connectivity index (χ1n) is 5.78. The summed E-state index contributed by atoms with van der Waals surface area (Å²) in [4.78, 5) is 12.8. The Labute approximate surface area is 114 Å². The van der Waals surface area contributed by atoms with E-state index in [2.05, 4.69) is 20.8 Å². The van der Waals surface area contributed by atoms with Gasteiger partial charge in [-0.05, 0) is 42.1 Å². The van der Waals surface area contributed by atoms with Crippen molar-refractivity contribution < 1.29 is 9.90 Å². The predicted molar refractivity (Wildman–Crippen MR) is 70.3 cm³/mol. The second-order valence-electron chi connectivity index (χ2n) is 4.70. The van der Waals surface area contributed by atoms with Crippen molar-refractivity contribution in [1.82, 2.24) is 25.5 Å². The molecule has 2 heterocycles. The highest BCUT2D eigenvalue weighted by atomic mass is 32.1. The summed E-state index contributed by atoms with van der Waals surface area (Å²) in [6, 6.07) is 1.79. The molecule has 0 radical (unpaired) electrons. The van der Waals surface area contributed by atoms with Gasteiger partial charge in [-0.15, -0.1) is 16.4 Å². The van der Waals surface area contributed by atoms with E-state index in [0.717, 1.165) is 0 Å². The molecule has 2 aromatic rings. The fourth-order valence-corrected chi connectivity index (χ4v) is 2.40. The third-order valence-corrected chi connectivity index (χ3v) is 3.54. The summed E-state index contributed by atoms with van der Waals surface area (Å²) in [7, 11) is 0. The van der Waals surface area contributed by atoms with Crippen molar-refractivity contribution in [3.8, 4) is 5.69 Å². The van der Waals surface area contributed by atoms with Gasteiger partial charge in [0, 0.05) is 12.1 Å². The van der Waals surface area contributed by atoms with E-state index in [4.69, 9.17) is 5.11 Å². The molecule has 8 heteroatoms. The van der Waals surface area contributed by atoms with Gasteiger partial charge in [-0.25, -0.2) is 0 Å². The Bertz CT molecular complexity index is 549. The molecule has 0 unspecified atom stereocenters. The Balaban J connectivity index is 2.19. The van der Waals surface area contributed by atoms with Gasteiger partial charge in [0.25, 0.3) is 5.91 Å². The van der Waals surface area contributed by atoms with Crippen LogP contribution in [0.25, 0.3) is 5.69 Å². The molecule has 2 N–H and O–H groups in total. The number of carbonyl (C=O) groups excluding carboxylic acids is 1. The van der Waals surface area contributed by atoms with Crippen molar-refractivity contribution in [3.05, 3.63) is 22.7 Å². The molecule has 0 saturated carbocycles. The number of aliphatic hydroxyl groups is 1. The largest absolute Gasteiger partial charge is 0.396 e. The van der Waals surface area contributed by atoms with Gasteiger partial charge in [-0.2, -0.15) is 4.68 Å². The highest BCUT2D eigenvalue weighted by Crippen LogP contribution is 2.21. The minimum Gasteiger partial charge on any atom is -0.396 e. The average Bonchev–Trinajstić information content (AvgIpc) is 2.99. The van der Waals surface area contributed by atoms with Gasteiger partial charge in [0.2, 0.25) is 0 Å². The van der Waals surface area contributed by atoms with Gasteiger partial charge in [-0.1, -0.05) is 0 Å². The Kier molecular flexibility index (Phi) is 3.91. The number of aliphatic hydroxyl groups excluding tert-OH is 1. The van der Waals surface area contributed by atoms with Gasteiger partial charge < -0.3 is 10.4 Å². The number of nitrogens with one attached hydrogen (secondary N) is 1. The Hall–Kier alpha value is -1.80. The molecule has 2 aromatic heterocycles. The maximum Gasteiger partial charge on any atom is 0.263 e. The summed E-state index contributed by atoms with van der Waals surface area (Å²) < 4.78 is 1.45. The molecule has 2 rings (SSSR count). The molecule has 7 nitrogen and oxygen atoms in total. The van der Waals surface area contributed by atoms with Crippen molar-refractivity contribution in [2.75, 3.05) is 6.61 Å². The number of aromatic nitrogens is 4. The van der Waals surface area contributed by atoms with E-state index in [0.29, 0.717) is 17.0 Å². The van der Waals surface area contributed by atoms with Gasteiger partial charge in [0.05, 0.1) is 5.69 Å². The van der Waals surface area contributed by atoms with Crippen LogP contribution < -0.4 is 5.32 Å². The van der Waals surface area contributed by atoms with Crippen molar-refractivity contribution in [2.45, 2.75) is 25.8 Å². The lowest BCUT2D eigenvalue weighted by Gasteiger charge is -2.25. The van der Waals surface area contributed by atoms with Crippen LogP contribution in [0.2, 0.25) is 0 Å². The third-order valence-electron chi connectivity index (χ3n) is 2.64. The van der Waals surface area contributed by atoms with Crippen molar-refractivity contribution in [2.24, 2.45) is 0 Å². The molecule has 0 aliphatic rings. The van der Waals surface area contributed by atoms with E-state index < -0.39 is 5.54 Å². The number of tetrazole rings is 1. The lowest BCUT2D eigenvalue weighted by Crippen LogP contribution is -2.44. The summed E-state index contributed by atoms with van der Waals surface area (Å²) in [5.41, 5.74) is 0.181. The zero-order chi connectivity index (χ0) is 13.9. The van der Waals surface area contributed by atoms with Crippen LogP contribution >= 0.6 is 11.3 Å². The number of rotatable bonds is 5. The minimum atomic E-state index is -0.465.